The van der Waals surface area contributed by atoms with Gasteiger partial charge in [-0.1, -0.05) is 12.8 Å². The van der Waals surface area contributed by atoms with E-state index in [4.69, 9.17) is 0 Å². The van der Waals surface area contributed by atoms with Crippen molar-refractivity contribution < 1.29 is 18.1 Å². The summed E-state index contributed by atoms with van der Waals surface area (Å²) in [6.07, 6.45) is 4.47. The summed E-state index contributed by atoms with van der Waals surface area (Å²) in [6, 6.07) is 3.96. The smallest absolute Gasteiger partial charge is 0.293 e. The minimum atomic E-state index is -3.76. The third-order valence-corrected chi connectivity index (χ3v) is 7.17. The lowest BCUT2D eigenvalue weighted by atomic mass is 10.2. The highest BCUT2D eigenvalue weighted by molar-refractivity contribution is 7.89. The largest absolute Gasteiger partial charge is 0.363 e. The number of sulfonamides is 1. The summed E-state index contributed by atoms with van der Waals surface area (Å²) in [5, 5.41) is 11.5. The summed E-state index contributed by atoms with van der Waals surface area (Å²) >= 11 is 0. The number of amides is 1. The Bertz CT molecular complexity index is 875. The molecule has 2 aliphatic rings. The number of nitrogens with zero attached hydrogens (tertiary/aromatic N) is 4. The molecule has 0 bridgehead atoms. The minimum Gasteiger partial charge on any atom is -0.363 e. The number of hydrogen-bond acceptors (Lipinski definition) is 7. The number of anilines is 1. The lowest BCUT2D eigenvalue weighted by molar-refractivity contribution is -0.384. The van der Waals surface area contributed by atoms with Gasteiger partial charge in [-0.05, 0) is 32.0 Å². The maximum atomic E-state index is 12.6. The molecule has 1 N–H and O–H groups in total. The second kappa shape index (κ2) is 9.71. The lowest BCUT2D eigenvalue weighted by Gasteiger charge is -2.36. The van der Waals surface area contributed by atoms with E-state index in [9.17, 15) is 23.3 Å². The quantitative estimate of drug-likeness (QED) is 0.520. The molecule has 0 aliphatic carbocycles. The molecule has 10 nitrogen and oxygen atoms in total. The minimum absolute atomic E-state index is 0.137. The number of benzene rings is 1. The lowest BCUT2D eigenvalue weighted by Crippen LogP contribution is -2.50. The highest BCUT2D eigenvalue weighted by Gasteiger charge is 2.27. The predicted octanol–water partition coefficient (Wildman–Crippen LogP) is 1.03. The van der Waals surface area contributed by atoms with E-state index in [-0.39, 0.29) is 16.5 Å². The van der Waals surface area contributed by atoms with Crippen LogP contribution in [0.5, 0.6) is 0 Å². The molecule has 0 atom stereocenters. The van der Waals surface area contributed by atoms with Crippen LogP contribution in [0.15, 0.2) is 23.1 Å². The Balaban J connectivity index is 1.64. The van der Waals surface area contributed by atoms with Gasteiger partial charge in [0.15, 0.2) is 0 Å². The van der Waals surface area contributed by atoms with E-state index >= 15 is 0 Å². The van der Waals surface area contributed by atoms with E-state index in [0.29, 0.717) is 38.4 Å². The average Bonchev–Trinajstić information content (AvgIpc) is 3.03. The first-order chi connectivity index (χ1) is 14.3. The maximum absolute atomic E-state index is 12.6. The van der Waals surface area contributed by atoms with Crippen LogP contribution in [0, 0.1) is 10.1 Å². The molecule has 2 fully saturated rings. The van der Waals surface area contributed by atoms with Crippen LogP contribution in [-0.4, -0.2) is 81.9 Å². The number of piperazine rings is 1. The normalized spacial score (nSPS) is 18.8. The fourth-order valence-electron chi connectivity index (χ4n) is 3.96. The van der Waals surface area contributed by atoms with Crippen LogP contribution < -0.4 is 9.62 Å². The summed E-state index contributed by atoms with van der Waals surface area (Å²) < 4.78 is 26.1. The molecule has 3 rings (SSSR count). The third kappa shape index (κ3) is 5.27. The molecule has 1 amide bonds. The molecule has 0 spiro atoms. The summed E-state index contributed by atoms with van der Waals surface area (Å²) in [5.41, 5.74) is 0.161. The van der Waals surface area contributed by atoms with E-state index in [1.807, 2.05) is 9.80 Å². The van der Waals surface area contributed by atoms with E-state index < -0.39 is 14.9 Å². The van der Waals surface area contributed by atoms with Gasteiger partial charge in [0.2, 0.25) is 15.9 Å². The first kappa shape index (κ1) is 22.4. The van der Waals surface area contributed by atoms with Crippen molar-refractivity contribution in [3.8, 4) is 0 Å². The number of likely N-dealkylation sites (tertiary alicyclic amines) is 1. The van der Waals surface area contributed by atoms with Gasteiger partial charge in [0.25, 0.3) is 5.69 Å². The fraction of sp³-hybridized carbons (Fsp3) is 0.632. The Labute approximate surface area is 177 Å². The van der Waals surface area contributed by atoms with Crippen LogP contribution in [-0.2, 0) is 14.8 Å². The predicted molar refractivity (Wildman–Crippen MR) is 113 cm³/mol. The zero-order chi connectivity index (χ0) is 21.7. The molecule has 30 heavy (non-hydrogen) atoms. The van der Waals surface area contributed by atoms with Gasteiger partial charge in [-0.2, -0.15) is 0 Å². The molecule has 2 aliphatic heterocycles. The van der Waals surface area contributed by atoms with E-state index in [2.05, 4.69) is 9.62 Å². The molecule has 2 heterocycles. The number of rotatable bonds is 6. The number of carbonyl (C=O) groups is 1. The SMILES string of the molecule is CNS(=O)(=O)c1ccc(N2CCN(CC(=O)N3CCCCCC3)CC2)c([N+](=O)[O-])c1. The monoisotopic (exact) mass is 439 g/mol. The molecular weight excluding hydrogens is 410 g/mol. The highest BCUT2D eigenvalue weighted by atomic mass is 32.2. The van der Waals surface area contributed by atoms with Crippen molar-refractivity contribution in [1.29, 1.82) is 0 Å². The number of carbonyl (C=O) groups excluding carboxylic acids is 1. The molecule has 0 saturated carbocycles. The molecule has 2 saturated heterocycles. The van der Waals surface area contributed by atoms with Gasteiger partial charge in [0.1, 0.15) is 5.69 Å². The Morgan fingerprint density at radius 1 is 1.07 bits per heavy atom. The molecule has 1 aromatic carbocycles. The van der Waals surface area contributed by atoms with Gasteiger partial charge in [0.05, 0.1) is 16.4 Å². The van der Waals surface area contributed by atoms with Crippen LogP contribution in [0.25, 0.3) is 0 Å². The van der Waals surface area contributed by atoms with Crippen molar-refractivity contribution in [2.45, 2.75) is 30.6 Å². The molecule has 0 aromatic heterocycles. The number of hydrogen-bond donors (Lipinski definition) is 1. The molecule has 11 heteroatoms. The van der Waals surface area contributed by atoms with Crippen molar-refractivity contribution in [3.63, 3.8) is 0 Å². The highest BCUT2D eigenvalue weighted by Crippen LogP contribution is 2.31. The van der Waals surface area contributed by atoms with Crippen LogP contribution in [0.1, 0.15) is 25.7 Å². The average molecular weight is 440 g/mol. The van der Waals surface area contributed by atoms with E-state index in [1.54, 1.807) is 0 Å². The Kier molecular flexibility index (Phi) is 7.27. The first-order valence-electron chi connectivity index (χ1n) is 10.3. The summed E-state index contributed by atoms with van der Waals surface area (Å²) in [6.45, 7) is 4.33. The van der Waals surface area contributed by atoms with Gasteiger partial charge in [-0.15, -0.1) is 0 Å². The van der Waals surface area contributed by atoms with Gasteiger partial charge < -0.3 is 9.80 Å². The Hall–Kier alpha value is -2.24. The van der Waals surface area contributed by atoms with Crippen LogP contribution in [0.2, 0.25) is 0 Å². The molecule has 0 radical (unpaired) electrons. The number of nitrogens with one attached hydrogen (secondary N) is 1. The summed E-state index contributed by atoms with van der Waals surface area (Å²) in [4.78, 5) is 29.4. The molecule has 1 aromatic rings. The second-order valence-corrected chi connectivity index (χ2v) is 9.56. The number of nitro groups is 1. The summed E-state index contributed by atoms with van der Waals surface area (Å²) in [5.74, 6) is 0.151. The van der Waals surface area contributed by atoms with E-state index in [1.165, 1.54) is 32.0 Å². The zero-order valence-electron chi connectivity index (χ0n) is 17.2. The van der Waals surface area contributed by atoms with Crippen molar-refractivity contribution in [2.75, 3.05) is 57.8 Å². The van der Waals surface area contributed by atoms with Crippen molar-refractivity contribution in [2.24, 2.45) is 0 Å². The second-order valence-electron chi connectivity index (χ2n) is 7.67. The van der Waals surface area contributed by atoms with E-state index in [0.717, 1.165) is 32.0 Å². The van der Waals surface area contributed by atoms with Gasteiger partial charge in [-0.25, -0.2) is 13.1 Å². The van der Waals surface area contributed by atoms with Crippen molar-refractivity contribution in [1.82, 2.24) is 14.5 Å². The van der Waals surface area contributed by atoms with Crippen LogP contribution >= 0.6 is 0 Å². The van der Waals surface area contributed by atoms with Gasteiger partial charge >= 0.3 is 0 Å². The Morgan fingerprint density at radius 3 is 2.27 bits per heavy atom. The van der Waals surface area contributed by atoms with Gasteiger partial charge in [0, 0.05) is 45.3 Å². The standard InChI is InChI=1S/C19H29N5O5S/c1-20-30(28,29)16-6-7-17(18(14-16)24(26)27)22-12-10-21(11-13-22)15-19(25)23-8-4-2-3-5-9-23/h6-7,14,20H,2-5,8-13,15H2,1H3. The fourth-order valence-corrected chi connectivity index (χ4v) is 4.71. The zero-order valence-corrected chi connectivity index (χ0v) is 18.1. The van der Waals surface area contributed by atoms with Crippen molar-refractivity contribution >= 4 is 27.3 Å². The van der Waals surface area contributed by atoms with Crippen LogP contribution in [0.3, 0.4) is 0 Å². The molecule has 0 unspecified atom stereocenters. The topological polar surface area (TPSA) is 116 Å². The van der Waals surface area contributed by atoms with Crippen LogP contribution in [0.4, 0.5) is 11.4 Å². The number of nitro benzene ring substituents is 1. The maximum Gasteiger partial charge on any atom is 0.293 e. The Morgan fingerprint density at radius 2 is 1.70 bits per heavy atom. The third-order valence-electron chi connectivity index (χ3n) is 5.75. The first-order valence-corrected chi connectivity index (χ1v) is 11.8. The molecular formula is C19H29N5O5S. The van der Waals surface area contributed by atoms with Gasteiger partial charge in [-0.3, -0.25) is 19.8 Å². The van der Waals surface area contributed by atoms with Crippen molar-refractivity contribution in [3.05, 3.63) is 28.3 Å². The summed E-state index contributed by atoms with van der Waals surface area (Å²) in [7, 11) is -2.50. The molecule has 166 valence electrons.